The molecular weight excluding hydrogens is 280 g/mol. The van der Waals surface area contributed by atoms with E-state index in [1.807, 2.05) is 6.92 Å². The van der Waals surface area contributed by atoms with Crippen molar-refractivity contribution in [3.8, 4) is 0 Å². The van der Waals surface area contributed by atoms with Crippen molar-refractivity contribution in [3.05, 3.63) is 33.6 Å². The van der Waals surface area contributed by atoms with Gasteiger partial charge >= 0.3 is 0 Å². The molecule has 0 radical (unpaired) electrons. The smallest absolute Gasteiger partial charge is 0.142 e. The Labute approximate surface area is 114 Å². The van der Waals surface area contributed by atoms with Crippen molar-refractivity contribution in [2.45, 2.75) is 19.1 Å². The zero-order valence-corrected chi connectivity index (χ0v) is 11.2. The van der Waals surface area contributed by atoms with E-state index in [1.54, 1.807) is 0 Å². The number of hydrazine groups is 3. The third-order valence-corrected chi connectivity index (χ3v) is 3.41. The molecule has 1 fully saturated rings. The third kappa shape index (κ3) is 3.10. The molecule has 0 amide bonds. The van der Waals surface area contributed by atoms with Gasteiger partial charge in [-0.25, -0.2) is 15.2 Å². The van der Waals surface area contributed by atoms with Crippen LogP contribution in [0.5, 0.6) is 0 Å². The Morgan fingerprint density at radius 3 is 2.67 bits per heavy atom. The molecule has 1 aromatic rings. The highest BCUT2D eigenvalue weighted by Crippen LogP contribution is 2.32. The summed E-state index contributed by atoms with van der Waals surface area (Å²) >= 11 is 12.0. The molecule has 0 bridgehead atoms. The van der Waals surface area contributed by atoms with E-state index in [0.29, 0.717) is 17.1 Å². The van der Waals surface area contributed by atoms with Crippen molar-refractivity contribution < 1.29 is 4.39 Å². The van der Waals surface area contributed by atoms with Crippen molar-refractivity contribution in [2.24, 2.45) is 0 Å². The summed E-state index contributed by atoms with van der Waals surface area (Å²) in [5, 5.41) is 3.72. The molecule has 1 aliphatic heterocycles. The van der Waals surface area contributed by atoms with E-state index in [-0.39, 0.29) is 17.2 Å². The van der Waals surface area contributed by atoms with E-state index in [9.17, 15) is 4.39 Å². The number of halogens is 3. The molecule has 1 aromatic carbocycles. The summed E-state index contributed by atoms with van der Waals surface area (Å²) in [4.78, 5) is 0. The predicted octanol–water partition coefficient (Wildman–Crippen LogP) is 1.23. The minimum atomic E-state index is -0.467. The number of hydrogen-bond acceptors (Lipinski definition) is 5. The van der Waals surface area contributed by atoms with Gasteiger partial charge in [0.05, 0.1) is 11.2 Å². The highest BCUT2D eigenvalue weighted by Gasteiger charge is 2.19. The van der Waals surface area contributed by atoms with Gasteiger partial charge in [-0.3, -0.25) is 0 Å². The maximum atomic E-state index is 13.4. The Morgan fingerprint density at radius 1 is 1.33 bits per heavy atom. The van der Waals surface area contributed by atoms with Crippen molar-refractivity contribution in [3.63, 3.8) is 0 Å². The van der Waals surface area contributed by atoms with Gasteiger partial charge in [-0.05, 0) is 19.1 Å². The maximum Gasteiger partial charge on any atom is 0.142 e. The molecule has 8 heteroatoms. The summed E-state index contributed by atoms with van der Waals surface area (Å²) < 4.78 is 13.4. The highest BCUT2D eigenvalue weighted by molar-refractivity contribution is 6.36. The zero-order chi connectivity index (χ0) is 13.1. The Balaban J connectivity index is 2.03. The first-order chi connectivity index (χ1) is 8.59. The van der Waals surface area contributed by atoms with Gasteiger partial charge in [-0.1, -0.05) is 23.2 Å². The second-order valence-corrected chi connectivity index (χ2v) is 4.76. The standard InChI is InChI=1S/C10H14Cl2FN5/c1-5(14-4-8-15-17-18-16-8)9-6(11)2-3-7(13)10(9)12/h2-3,5,8,14-18H,4H2,1H3. The van der Waals surface area contributed by atoms with Crippen LogP contribution in [0.3, 0.4) is 0 Å². The van der Waals surface area contributed by atoms with Crippen LogP contribution in [0.4, 0.5) is 4.39 Å². The largest absolute Gasteiger partial charge is 0.307 e. The molecule has 5 nitrogen and oxygen atoms in total. The van der Waals surface area contributed by atoms with Gasteiger partial charge in [0.1, 0.15) is 5.82 Å². The first kappa shape index (κ1) is 14.0. The lowest BCUT2D eigenvalue weighted by atomic mass is 10.1. The monoisotopic (exact) mass is 293 g/mol. The van der Waals surface area contributed by atoms with Crippen LogP contribution in [0.25, 0.3) is 0 Å². The van der Waals surface area contributed by atoms with E-state index >= 15 is 0 Å². The molecule has 0 spiro atoms. The second kappa shape index (κ2) is 6.12. The lowest BCUT2D eigenvalue weighted by Gasteiger charge is -2.19. The van der Waals surface area contributed by atoms with Crippen molar-refractivity contribution in [1.82, 2.24) is 27.2 Å². The molecule has 1 saturated heterocycles. The summed E-state index contributed by atoms with van der Waals surface area (Å²) in [7, 11) is 0. The zero-order valence-electron chi connectivity index (χ0n) is 9.65. The van der Waals surface area contributed by atoms with Gasteiger partial charge in [-0.2, -0.15) is 11.1 Å². The van der Waals surface area contributed by atoms with Crippen LogP contribution in [0.15, 0.2) is 12.1 Å². The van der Waals surface area contributed by atoms with Crippen LogP contribution in [0.2, 0.25) is 10.0 Å². The number of benzene rings is 1. The average Bonchev–Trinajstić information content (AvgIpc) is 2.85. The molecule has 0 aliphatic carbocycles. The molecule has 1 unspecified atom stereocenters. The summed E-state index contributed by atoms with van der Waals surface area (Å²) in [5.74, 6) is -0.467. The van der Waals surface area contributed by atoms with E-state index < -0.39 is 5.82 Å². The molecule has 1 aliphatic rings. The van der Waals surface area contributed by atoms with Gasteiger partial charge in [0.15, 0.2) is 0 Å². The quantitative estimate of drug-likeness (QED) is 0.541. The summed E-state index contributed by atoms with van der Waals surface area (Å²) in [5.41, 5.74) is 11.8. The van der Waals surface area contributed by atoms with Crippen LogP contribution < -0.4 is 27.2 Å². The van der Waals surface area contributed by atoms with Gasteiger partial charge in [0, 0.05) is 23.2 Å². The van der Waals surface area contributed by atoms with Crippen molar-refractivity contribution in [2.75, 3.05) is 6.54 Å². The summed E-state index contributed by atoms with van der Waals surface area (Å²) in [6.07, 6.45) is 0.0126. The molecular formula is C10H14Cl2FN5. The van der Waals surface area contributed by atoms with Gasteiger partial charge < -0.3 is 5.32 Å². The molecule has 5 N–H and O–H groups in total. The third-order valence-electron chi connectivity index (χ3n) is 2.70. The molecule has 1 heterocycles. The van der Waals surface area contributed by atoms with Crippen LogP contribution in [-0.4, -0.2) is 12.7 Å². The Morgan fingerprint density at radius 2 is 2.00 bits per heavy atom. The Kier molecular flexibility index (Phi) is 4.74. The number of nitrogens with one attached hydrogen (secondary N) is 5. The van der Waals surface area contributed by atoms with Crippen molar-refractivity contribution in [1.29, 1.82) is 0 Å². The first-order valence-corrected chi connectivity index (χ1v) is 6.23. The first-order valence-electron chi connectivity index (χ1n) is 5.47. The predicted molar refractivity (Wildman–Crippen MR) is 69.2 cm³/mol. The molecule has 1 atom stereocenters. The normalized spacial score (nSPS) is 18.2. The molecule has 2 rings (SSSR count). The molecule has 18 heavy (non-hydrogen) atoms. The van der Waals surface area contributed by atoms with Gasteiger partial charge in [0.2, 0.25) is 0 Å². The summed E-state index contributed by atoms with van der Waals surface area (Å²) in [6.45, 7) is 2.48. The van der Waals surface area contributed by atoms with Gasteiger partial charge in [0.25, 0.3) is 0 Å². The van der Waals surface area contributed by atoms with E-state index in [0.717, 1.165) is 0 Å². The second-order valence-electron chi connectivity index (χ2n) is 3.98. The fraction of sp³-hybridized carbons (Fsp3) is 0.400. The van der Waals surface area contributed by atoms with Crippen molar-refractivity contribution >= 4 is 23.2 Å². The van der Waals surface area contributed by atoms with E-state index in [1.165, 1.54) is 12.1 Å². The Bertz CT molecular complexity index is 425. The Hall–Kier alpha value is -0.470. The highest BCUT2D eigenvalue weighted by atomic mass is 35.5. The minimum Gasteiger partial charge on any atom is -0.307 e. The topological polar surface area (TPSA) is 60.1 Å². The lowest BCUT2D eigenvalue weighted by Crippen LogP contribution is -2.43. The van der Waals surface area contributed by atoms with E-state index in [2.05, 4.69) is 27.2 Å². The van der Waals surface area contributed by atoms with Gasteiger partial charge in [-0.15, -0.1) is 0 Å². The van der Waals surface area contributed by atoms with Crippen LogP contribution >= 0.6 is 23.2 Å². The average molecular weight is 294 g/mol. The maximum absolute atomic E-state index is 13.4. The van der Waals surface area contributed by atoms with Crippen LogP contribution in [0, 0.1) is 5.82 Å². The van der Waals surface area contributed by atoms with Crippen LogP contribution in [0.1, 0.15) is 18.5 Å². The SMILES string of the molecule is CC(NCC1NNNN1)c1c(Cl)ccc(F)c1Cl. The number of rotatable bonds is 4. The fourth-order valence-corrected chi connectivity index (χ4v) is 2.42. The fourth-order valence-electron chi connectivity index (χ4n) is 1.72. The molecule has 0 saturated carbocycles. The lowest BCUT2D eigenvalue weighted by molar-refractivity contribution is 0.447. The summed E-state index contributed by atoms with van der Waals surface area (Å²) in [6, 6.07) is 2.60. The van der Waals surface area contributed by atoms with E-state index in [4.69, 9.17) is 23.2 Å². The van der Waals surface area contributed by atoms with Crippen LogP contribution in [-0.2, 0) is 0 Å². The number of hydrogen-bond donors (Lipinski definition) is 5. The minimum absolute atomic E-state index is 0.0126. The molecule has 0 aromatic heterocycles. The molecule has 100 valence electrons.